The Hall–Kier alpha value is -2.42. The van der Waals surface area contributed by atoms with Crippen molar-refractivity contribution < 1.29 is 14.3 Å². The Kier molecular flexibility index (Phi) is 5.23. The minimum atomic E-state index is -0.178. The van der Waals surface area contributed by atoms with Crippen molar-refractivity contribution in [2.75, 3.05) is 7.11 Å². The van der Waals surface area contributed by atoms with Gasteiger partial charge in [0.1, 0.15) is 5.75 Å². The van der Waals surface area contributed by atoms with E-state index < -0.39 is 0 Å². The summed E-state index contributed by atoms with van der Waals surface area (Å²) in [6.45, 7) is 8.22. The maximum absolute atomic E-state index is 12.6. The number of benzene rings is 2. The summed E-state index contributed by atoms with van der Waals surface area (Å²) >= 11 is 0. The summed E-state index contributed by atoms with van der Waals surface area (Å²) in [5.41, 5.74) is 3.10. The minimum absolute atomic E-state index is 0.0390. The summed E-state index contributed by atoms with van der Waals surface area (Å²) in [5.74, 6) is 0.370. The van der Waals surface area contributed by atoms with Crippen LogP contribution in [0.15, 0.2) is 42.5 Å². The topological polar surface area (TPSA) is 43.4 Å². The molecule has 0 N–H and O–H groups in total. The van der Waals surface area contributed by atoms with Gasteiger partial charge in [-0.2, -0.15) is 0 Å². The zero-order valence-corrected chi connectivity index (χ0v) is 15.0. The Morgan fingerprint density at radius 3 is 2.12 bits per heavy atom. The Morgan fingerprint density at radius 2 is 1.58 bits per heavy atom. The van der Waals surface area contributed by atoms with Gasteiger partial charge in [0, 0.05) is 11.1 Å². The predicted molar refractivity (Wildman–Crippen MR) is 96.2 cm³/mol. The van der Waals surface area contributed by atoms with E-state index >= 15 is 0 Å². The normalized spacial score (nSPS) is 11.2. The number of hydrogen-bond acceptors (Lipinski definition) is 3. The molecule has 0 aromatic heterocycles. The number of ether oxygens (including phenoxy) is 1. The van der Waals surface area contributed by atoms with E-state index in [1.807, 2.05) is 25.1 Å². The average molecular weight is 324 g/mol. The molecule has 0 aliphatic carbocycles. The molecule has 3 nitrogen and oxygen atoms in total. The van der Waals surface area contributed by atoms with Crippen LogP contribution in [0, 0.1) is 6.92 Å². The van der Waals surface area contributed by atoms with Gasteiger partial charge >= 0.3 is 0 Å². The molecule has 2 rings (SSSR count). The summed E-state index contributed by atoms with van der Waals surface area (Å²) in [6.07, 6.45) is -0.124. The first-order valence-electron chi connectivity index (χ1n) is 8.04. The minimum Gasteiger partial charge on any atom is -0.497 e. The molecule has 24 heavy (non-hydrogen) atoms. The van der Waals surface area contributed by atoms with Crippen LogP contribution in [0.2, 0.25) is 0 Å². The second kappa shape index (κ2) is 7.00. The molecule has 0 saturated carbocycles. The lowest BCUT2D eigenvalue weighted by Gasteiger charge is -2.20. The van der Waals surface area contributed by atoms with Crippen molar-refractivity contribution in [3.05, 3.63) is 64.7 Å². The van der Waals surface area contributed by atoms with Crippen molar-refractivity contribution in [3.63, 3.8) is 0 Å². The van der Waals surface area contributed by atoms with Crippen molar-refractivity contribution >= 4 is 11.6 Å². The highest BCUT2D eigenvalue weighted by atomic mass is 16.5. The lowest BCUT2D eigenvalue weighted by atomic mass is 9.84. The fourth-order valence-corrected chi connectivity index (χ4v) is 2.51. The van der Waals surface area contributed by atoms with Gasteiger partial charge in [0.05, 0.1) is 13.5 Å². The summed E-state index contributed by atoms with van der Waals surface area (Å²) in [4.78, 5) is 25.0. The molecule has 0 bridgehead atoms. The quantitative estimate of drug-likeness (QED) is 0.588. The first-order chi connectivity index (χ1) is 11.2. The van der Waals surface area contributed by atoms with E-state index in [1.165, 1.54) is 0 Å². The summed E-state index contributed by atoms with van der Waals surface area (Å²) in [6, 6.07) is 12.7. The van der Waals surface area contributed by atoms with Gasteiger partial charge < -0.3 is 4.74 Å². The third kappa shape index (κ3) is 4.10. The van der Waals surface area contributed by atoms with Gasteiger partial charge in [0.15, 0.2) is 11.6 Å². The molecule has 0 atom stereocenters. The SMILES string of the molecule is COc1ccc(C(=O)CC(=O)c2cc(C(C)(C)C)ccc2C)cc1. The molecule has 0 saturated heterocycles. The molecular formula is C21H24O3. The highest BCUT2D eigenvalue weighted by Gasteiger charge is 2.19. The van der Waals surface area contributed by atoms with Crippen LogP contribution in [-0.4, -0.2) is 18.7 Å². The molecule has 0 aliphatic rings. The van der Waals surface area contributed by atoms with Crippen molar-refractivity contribution in [3.8, 4) is 5.75 Å². The van der Waals surface area contributed by atoms with Crippen LogP contribution in [0.25, 0.3) is 0 Å². The lowest BCUT2D eigenvalue weighted by Crippen LogP contribution is -2.15. The number of carbonyl (C=O) groups excluding carboxylic acids is 2. The second-order valence-electron chi connectivity index (χ2n) is 7.03. The van der Waals surface area contributed by atoms with Gasteiger partial charge in [0.2, 0.25) is 0 Å². The van der Waals surface area contributed by atoms with Crippen LogP contribution in [0.4, 0.5) is 0 Å². The second-order valence-corrected chi connectivity index (χ2v) is 7.03. The largest absolute Gasteiger partial charge is 0.497 e. The molecule has 0 radical (unpaired) electrons. The third-order valence-electron chi connectivity index (χ3n) is 4.14. The van der Waals surface area contributed by atoms with E-state index in [0.29, 0.717) is 16.9 Å². The fourth-order valence-electron chi connectivity index (χ4n) is 2.51. The standard InChI is InChI=1S/C21H24O3/c1-14-6-9-16(21(2,3)4)12-18(14)20(23)13-19(22)15-7-10-17(24-5)11-8-15/h6-12H,13H2,1-5H3. The maximum atomic E-state index is 12.6. The molecular weight excluding hydrogens is 300 g/mol. The Balaban J connectivity index is 2.21. The zero-order chi connectivity index (χ0) is 17.9. The van der Waals surface area contributed by atoms with Gasteiger partial charge in [0.25, 0.3) is 0 Å². The first kappa shape index (κ1) is 17.9. The summed E-state index contributed by atoms with van der Waals surface area (Å²) in [7, 11) is 1.57. The van der Waals surface area contributed by atoms with Crippen molar-refractivity contribution in [2.45, 2.75) is 39.5 Å². The van der Waals surface area contributed by atoms with Crippen LogP contribution in [0.1, 0.15) is 59.0 Å². The van der Waals surface area contributed by atoms with Crippen molar-refractivity contribution in [2.24, 2.45) is 0 Å². The molecule has 0 aliphatic heterocycles. The van der Waals surface area contributed by atoms with Crippen molar-refractivity contribution in [1.82, 2.24) is 0 Å². The average Bonchev–Trinajstić information content (AvgIpc) is 2.54. The van der Waals surface area contributed by atoms with Crippen LogP contribution in [-0.2, 0) is 5.41 Å². The number of ketones is 2. The number of methoxy groups -OCH3 is 1. The molecule has 2 aromatic carbocycles. The number of Topliss-reactive ketones (excluding diaryl/α,β-unsaturated/α-hetero) is 2. The van der Waals surface area contributed by atoms with Crippen molar-refractivity contribution in [1.29, 1.82) is 0 Å². The Morgan fingerprint density at radius 1 is 0.958 bits per heavy atom. The summed E-state index contributed by atoms with van der Waals surface area (Å²) in [5, 5.41) is 0. The smallest absolute Gasteiger partial charge is 0.170 e. The Bertz CT molecular complexity index is 750. The molecule has 0 spiro atoms. The monoisotopic (exact) mass is 324 g/mol. The van der Waals surface area contributed by atoms with E-state index in [-0.39, 0.29) is 23.4 Å². The third-order valence-corrected chi connectivity index (χ3v) is 4.14. The Labute approximate surface area is 143 Å². The molecule has 0 unspecified atom stereocenters. The van der Waals surface area contributed by atoms with E-state index in [2.05, 4.69) is 20.8 Å². The van der Waals surface area contributed by atoms with Crippen LogP contribution < -0.4 is 4.74 Å². The predicted octanol–water partition coefficient (Wildman–Crippen LogP) is 4.76. The molecule has 3 heteroatoms. The molecule has 126 valence electrons. The van der Waals surface area contributed by atoms with Gasteiger partial charge in [-0.25, -0.2) is 0 Å². The number of hydrogen-bond donors (Lipinski definition) is 0. The van der Waals surface area contributed by atoms with Crippen LogP contribution in [0.3, 0.4) is 0 Å². The lowest BCUT2D eigenvalue weighted by molar-refractivity contribution is 0.0894. The molecule has 0 amide bonds. The van der Waals surface area contributed by atoms with Gasteiger partial charge in [-0.05, 0) is 53.8 Å². The molecule has 2 aromatic rings. The molecule has 0 fully saturated rings. The fraction of sp³-hybridized carbons (Fsp3) is 0.333. The number of aryl methyl sites for hydroxylation is 1. The van der Waals surface area contributed by atoms with Crippen LogP contribution >= 0.6 is 0 Å². The van der Waals surface area contributed by atoms with Gasteiger partial charge in [-0.3, -0.25) is 9.59 Å². The van der Waals surface area contributed by atoms with E-state index in [4.69, 9.17) is 4.74 Å². The maximum Gasteiger partial charge on any atom is 0.170 e. The highest BCUT2D eigenvalue weighted by Crippen LogP contribution is 2.25. The van der Waals surface area contributed by atoms with Gasteiger partial charge in [-0.1, -0.05) is 32.9 Å². The van der Waals surface area contributed by atoms with E-state index in [1.54, 1.807) is 31.4 Å². The number of rotatable bonds is 5. The van der Waals surface area contributed by atoms with E-state index in [0.717, 1.165) is 11.1 Å². The first-order valence-corrected chi connectivity index (χ1v) is 8.04. The number of carbonyl (C=O) groups is 2. The van der Waals surface area contributed by atoms with E-state index in [9.17, 15) is 9.59 Å². The summed E-state index contributed by atoms with van der Waals surface area (Å²) < 4.78 is 5.08. The zero-order valence-electron chi connectivity index (χ0n) is 15.0. The highest BCUT2D eigenvalue weighted by molar-refractivity contribution is 6.14. The molecule has 0 heterocycles. The van der Waals surface area contributed by atoms with Crippen LogP contribution in [0.5, 0.6) is 5.75 Å². The van der Waals surface area contributed by atoms with Gasteiger partial charge in [-0.15, -0.1) is 0 Å².